The van der Waals surface area contributed by atoms with Gasteiger partial charge in [-0.05, 0) is 32.1 Å². The molecule has 1 rings (SSSR count). The normalized spacial score (nSPS) is 20.7. The van der Waals surface area contributed by atoms with Crippen LogP contribution in [0.25, 0.3) is 0 Å². The summed E-state index contributed by atoms with van der Waals surface area (Å²) < 4.78 is 5.20. The summed E-state index contributed by atoms with van der Waals surface area (Å²) in [7, 11) is 1.74. The van der Waals surface area contributed by atoms with Gasteiger partial charge in [0.15, 0.2) is 0 Å². The Morgan fingerprint density at radius 3 is 2.61 bits per heavy atom. The van der Waals surface area contributed by atoms with Gasteiger partial charge in [0, 0.05) is 31.7 Å². The molecule has 106 valence electrons. The maximum atomic E-state index is 11.4. The third-order valence-electron chi connectivity index (χ3n) is 4.13. The Hall–Kier alpha value is -0.410. The first kappa shape index (κ1) is 15.6. The van der Waals surface area contributed by atoms with Gasteiger partial charge >= 0.3 is 0 Å². The number of hydrogen-bond acceptors (Lipinski definition) is 3. The van der Waals surface area contributed by atoms with Gasteiger partial charge in [-0.2, -0.15) is 0 Å². The van der Waals surface area contributed by atoms with E-state index in [0.717, 1.165) is 44.7 Å². The number of methoxy groups -OCH3 is 1. The van der Waals surface area contributed by atoms with Crippen molar-refractivity contribution in [2.75, 3.05) is 26.8 Å². The Balaban J connectivity index is 2.59. The summed E-state index contributed by atoms with van der Waals surface area (Å²) in [4.78, 5) is 13.8. The Morgan fingerprint density at radius 1 is 1.50 bits per heavy atom. The third-order valence-corrected chi connectivity index (χ3v) is 4.13. The fraction of sp³-hybridized carbons (Fsp3) is 0.933. The molecule has 0 spiro atoms. The van der Waals surface area contributed by atoms with Gasteiger partial charge in [-0.15, -0.1) is 0 Å². The molecule has 0 radical (unpaired) electrons. The first-order valence-corrected chi connectivity index (χ1v) is 7.25. The zero-order valence-corrected chi connectivity index (χ0v) is 12.4. The molecule has 0 aliphatic heterocycles. The van der Waals surface area contributed by atoms with Crippen LogP contribution in [-0.4, -0.2) is 44.0 Å². The fourth-order valence-electron chi connectivity index (χ4n) is 2.72. The van der Waals surface area contributed by atoms with Crippen molar-refractivity contribution in [3.05, 3.63) is 0 Å². The van der Waals surface area contributed by atoms with Crippen molar-refractivity contribution in [3.63, 3.8) is 0 Å². The lowest BCUT2D eigenvalue weighted by Gasteiger charge is -2.35. The molecule has 1 saturated carbocycles. The summed E-state index contributed by atoms with van der Waals surface area (Å²) >= 11 is 0. The SMILES string of the molecule is CCCC(C)(C=O)CN(CCOC)C(C)C1CC1. The smallest absolute Gasteiger partial charge is 0.127 e. The number of hydrogen-bond donors (Lipinski definition) is 0. The van der Waals surface area contributed by atoms with E-state index in [9.17, 15) is 4.79 Å². The number of carbonyl (C=O) groups excluding carboxylic acids is 1. The van der Waals surface area contributed by atoms with Crippen LogP contribution >= 0.6 is 0 Å². The average Bonchev–Trinajstić information content (AvgIpc) is 3.18. The molecule has 1 aliphatic carbocycles. The summed E-state index contributed by atoms with van der Waals surface area (Å²) in [5.41, 5.74) is -0.203. The number of rotatable bonds is 10. The number of nitrogens with zero attached hydrogens (tertiary/aromatic N) is 1. The highest BCUT2D eigenvalue weighted by atomic mass is 16.5. The van der Waals surface area contributed by atoms with E-state index in [4.69, 9.17) is 4.74 Å². The first-order valence-electron chi connectivity index (χ1n) is 7.25. The van der Waals surface area contributed by atoms with Crippen LogP contribution in [0.1, 0.15) is 46.5 Å². The van der Waals surface area contributed by atoms with Gasteiger partial charge in [-0.1, -0.05) is 20.3 Å². The molecule has 0 aromatic carbocycles. The highest BCUT2D eigenvalue weighted by molar-refractivity contribution is 5.59. The van der Waals surface area contributed by atoms with Crippen LogP contribution < -0.4 is 0 Å². The van der Waals surface area contributed by atoms with Gasteiger partial charge in [0.1, 0.15) is 6.29 Å². The summed E-state index contributed by atoms with van der Waals surface area (Å²) in [6, 6.07) is 0.580. The fourth-order valence-corrected chi connectivity index (χ4v) is 2.72. The molecule has 18 heavy (non-hydrogen) atoms. The van der Waals surface area contributed by atoms with Crippen molar-refractivity contribution >= 4 is 6.29 Å². The number of aldehydes is 1. The van der Waals surface area contributed by atoms with E-state index in [1.807, 2.05) is 0 Å². The standard InChI is InChI=1S/C15H29NO2/c1-5-8-15(3,12-17)11-16(9-10-18-4)13(2)14-6-7-14/h12-14H,5-11H2,1-4H3. The molecule has 0 N–H and O–H groups in total. The molecule has 2 atom stereocenters. The number of ether oxygens (including phenoxy) is 1. The lowest BCUT2D eigenvalue weighted by Crippen LogP contribution is -2.44. The second-order valence-corrected chi connectivity index (χ2v) is 6.06. The zero-order valence-electron chi connectivity index (χ0n) is 12.4. The molecule has 0 saturated heterocycles. The van der Waals surface area contributed by atoms with Gasteiger partial charge in [-0.3, -0.25) is 4.90 Å². The number of carbonyl (C=O) groups is 1. The maximum Gasteiger partial charge on any atom is 0.127 e. The molecule has 0 amide bonds. The van der Waals surface area contributed by atoms with Gasteiger partial charge in [-0.25, -0.2) is 0 Å². The van der Waals surface area contributed by atoms with Crippen molar-refractivity contribution in [2.24, 2.45) is 11.3 Å². The molecule has 1 fully saturated rings. The minimum Gasteiger partial charge on any atom is -0.383 e. The molecule has 3 nitrogen and oxygen atoms in total. The Labute approximate surface area is 112 Å². The van der Waals surface area contributed by atoms with E-state index in [1.54, 1.807) is 7.11 Å². The van der Waals surface area contributed by atoms with Gasteiger partial charge in [0.2, 0.25) is 0 Å². The maximum absolute atomic E-state index is 11.4. The zero-order chi connectivity index (χ0) is 13.6. The first-order chi connectivity index (χ1) is 8.56. The highest BCUT2D eigenvalue weighted by Crippen LogP contribution is 2.36. The summed E-state index contributed by atoms with van der Waals surface area (Å²) in [5, 5.41) is 0. The highest BCUT2D eigenvalue weighted by Gasteiger charge is 2.35. The average molecular weight is 255 g/mol. The molecule has 0 aromatic heterocycles. The second-order valence-electron chi connectivity index (χ2n) is 6.06. The summed E-state index contributed by atoms with van der Waals surface area (Å²) in [5.74, 6) is 0.833. The molecular weight excluding hydrogens is 226 g/mol. The van der Waals surface area contributed by atoms with Crippen molar-refractivity contribution in [2.45, 2.75) is 52.5 Å². The summed E-state index contributed by atoms with van der Waals surface area (Å²) in [6.07, 6.45) is 5.87. The molecule has 0 aromatic rings. The van der Waals surface area contributed by atoms with E-state index in [1.165, 1.54) is 12.8 Å². The monoisotopic (exact) mass is 255 g/mol. The predicted octanol–water partition coefficient (Wildman–Crippen LogP) is 2.74. The van der Waals surface area contributed by atoms with Crippen molar-refractivity contribution in [3.8, 4) is 0 Å². The molecule has 0 bridgehead atoms. The Morgan fingerprint density at radius 2 is 2.17 bits per heavy atom. The largest absolute Gasteiger partial charge is 0.383 e. The van der Waals surface area contributed by atoms with E-state index in [0.29, 0.717) is 6.04 Å². The van der Waals surface area contributed by atoms with Crippen LogP contribution in [0.15, 0.2) is 0 Å². The van der Waals surface area contributed by atoms with Gasteiger partial charge in [0.25, 0.3) is 0 Å². The molecule has 3 heteroatoms. The minimum atomic E-state index is -0.203. The van der Waals surface area contributed by atoms with Crippen LogP contribution in [0.3, 0.4) is 0 Å². The quantitative estimate of drug-likeness (QED) is 0.562. The van der Waals surface area contributed by atoms with Crippen LogP contribution in [0.2, 0.25) is 0 Å². The van der Waals surface area contributed by atoms with Crippen molar-refractivity contribution in [1.82, 2.24) is 4.90 Å². The molecule has 2 unspecified atom stereocenters. The topological polar surface area (TPSA) is 29.5 Å². The lowest BCUT2D eigenvalue weighted by atomic mass is 9.86. The Kier molecular flexibility index (Phi) is 6.30. The third kappa shape index (κ3) is 4.69. The molecular formula is C15H29NO2. The van der Waals surface area contributed by atoms with Crippen LogP contribution in [0.5, 0.6) is 0 Å². The van der Waals surface area contributed by atoms with Gasteiger partial charge in [0.05, 0.1) is 6.61 Å². The second kappa shape index (κ2) is 7.25. The van der Waals surface area contributed by atoms with Crippen LogP contribution in [0.4, 0.5) is 0 Å². The Bertz CT molecular complexity index is 253. The molecule has 1 aliphatic rings. The molecule has 0 heterocycles. The van der Waals surface area contributed by atoms with Crippen molar-refractivity contribution in [1.29, 1.82) is 0 Å². The lowest BCUT2D eigenvalue weighted by molar-refractivity contribution is -0.117. The van der Waals surface area contributed by atoms with Crippen LogP contribution in [-0.2, 0) is 9.53 Å². The van der Waals surface area contributed by atoms with E-state index < -0.39 is 0 Å². The van der Waals surface area contributed by atoms with Crippen molar-refractivity contribution < 1.29 is 9.53 Å². The van der Waals surface area contributed by atoms with E-state index in [-0.39, 0.29) is 5.41 Å². The van der Waals surface area contributed by atoms with Gasteiger partial charge < -0.3 is 9.53 Å². The van der Waals surface area contributed by atoms with Crippen LogP contribution in [0, 0.1) is 11.3 Å². The van der Waals surface area contributed by atoms with E-state index >= 15 is 0 Å². The predicted molar refractivity (Wildman–Crippen MR) is 74.7 cm³/mol. The van der Waals surface area contributed by atoms with E-state index in [2.05, 4.69) is 25.7 Å². The summed E-state index contributed by atoms with van der Waals surface area (Å²) in [6.45, 7) is 9.07. The minimum absolute atomic E-state index is 0.203.